The third-order valence-corrected chi connectivity index (χ3v) is 5.55. The Morgan fingerprint density at radius 1 is 1.33 bits per heavy atom. The van der Waals surface area contributed by atoms with Gasteiger partial charge in [0.2, 0.25) is 0 Å². The van der Waals surface area contributed by atoms with Crippen LogP contribution in [0.5, 0.6) is 0 Å². The van der Waals surface area contributed by atoms with Gasteiger partial charge in [-0.05, 0) is 12.8 Å². The summed E-state index contributed by atoms with van der Waals surface area (Å²) in [5.41, 5.74) is -0.772. The van der Waals surface area contributed by atoms with Crippen LogP contribution in [-0.4, -0.2) is 65.9 Å². The standard InChI is InChI=1S/C16H25N3O5/c1-24-13(21)12-8-11(20)9-18(12)10-19-14(22)16(17-15(19)23)6-4-2-3-5-7-16/h11-12,20H,2-10H2,1H3,(H,17,23)/p+1/t11-,12-/m0/s1. The molecular weight excluding hydrogens is 314 g/mol. The van der Waals surface area contributed by atoms with Crippen molar-refractivity contribution in [1.82, 2.24) is 10.2 Å². The number of hydrogen-bond acceptors (Lipinski definition) is 5. The van der Waals surface area contributed by atoms with Gasteiger partial charge in [0.05, 0.1) is 7.11 Å². The fourth-order valence-electron chi connectivity index (χ4n) is 4.24. The lowest BCUT2D eigenvalue weighted by Gasteiger charge is -2.26. The van der Waals surface area contributed by atoms with Gasteiger partial charge in [-0.1, -0.05) is 25.7 Å². The molecule has 2 saturated heterocycles. The van der Waals surface area contributed by atoms with E-state index in [4.69, 9.17) is 4.74 Å². The SMILES string of the molecule is COC(=O)[C@@H]1C[C@H](O)C[NH+]1CN1C(=O)NC2(CCCCCC2)C1=O. The molecule has 134 valence electrons. The maximum absolute atomic E-state index is 12.9. The molecule has 0 bridgehead atoms. The minimum absolute atomic E-state index is 0.0866. The number of esters is 1. The number of amides is 3. The van der Waals surface area contributed by atoms with Crippen molar-refractivity contribution in [3.63, 3.8) is 0 Å². The number of nitrogens with one attached hydrogen (secondary N) is 2. The molecule has 3 amide bonds. The number of ether oxygens (including phenoxy) is 1. The van der Waals surface area contributed by atoms with Gasteiger partial charge in [0.1, 0.15) is 18.2 Å². The Labute approximate surface area is 141 Å². The largest absolute Gasteiger partial charge is 0.465 e. The molecule has 3 rings (SSSR count). The van der Waals surface area contributed by atoms with Crippen LogP contribution in [0, 0.1) is 0 Å². The van der Waals surface area contributed by atoms with Gasteiger partial charge in [0.15, 0.2) is 12.7 Å². The van der Waals surface area contributed by atoms with Crippen molar-refractivity contribution in [2.45, 2.75) is 62.6 Å². The number of nitrogens with zero attached hydrogens (tertiary/aromatic N) is 1. The van der Waals surface area contributed by atoms with Crippen LogP contribution >= 0.6 is 0 Å². The van der Waals surface area contributed by atoms with Gasteiger partial charge < -0.3 is 20.1 Å². The number of quaternary nitrogens is 1. The van der Waals surface area contributed by atoms with Crippen LogP contribution in [0.3, 0.4) is 0 Å². The average molecular weight is 340 g/mol. The van der Waals surface area contributed by atoms with E-state index < -0.39 is 23.7 Å². The molecule has 2 heterocycles. The predicted molar refractivity (Wildman–Crippen MR) is 82.9 cm³/mol. The van der Waals surface area contributed by atoms with Crippen LogP contribution in [0.15, 0.2) is 0 Å². The van der Waals surface area contributed by atoms with E-state index in [1.165, 1.54) is 12.0 Å². The lowest BCUT2D eigenvalue weighted by Crippen LogP contribution is -3.16. The monoisotopic (exact) mass is 340 g/mol. The Morgan fingerprint density at radius 2 is 2.00 bits per heavy atom. The molecule has 3 fully saturated rings. The predicted octanol–water partition coefficient (Wildman–Crippen LogP) is -1.22. The summed E-state index contributed by atoms with van der Waals surface area (Å²) in [6.07, 6.45) is 5.03. The van der Waals surface area contributed by atoms with Crippen LogP contribution in [0.1, 0.15) is 44.9 Å². The van der Waals surface area contributed by atoms with Crippen LogP contribution in [0.4, 0.5) is 4.79 Å². The van der Waals surface area contributed by atoms with Gasteiger partial charge >= 0.3 is 12.0 Å². The minimum atomic E-state index is -0.772. The third kappa shape index (κ3) is 3.00. The Morgan fingerprint density at radius 3 is 2.62 bits per heavy atom. The lowest BCUT2D eigenvalue weighted by atomic mass is 9.90. The topological polar surface area (TPSA) is 100 Å². The van der Waals surface area contributed by atoms with Crippen LogP contribution in [0.25, 0.3) is 0 Å². The molecule has 8 nitrogen and oxygen atoms in total. The first-order valence-electron chi connectivity index (χ1n) is 8.71. The van der Waals surface area contributed by atoms with E-state index in [0.29, 0.717) is 24.3 Å². The molecule has 0 radical (unpaired) electrons. The average Bonchev–Trinajstić information content (AvgIpc) is 2.90. The highest BCUT2D eigenvalue weighted by molar-refractivity contribution is 6.06. The van der Waals surface area contributed by atoms with E-state index in [1.807, 2.05) is 0 Å². The van der Waals surface area contributed by atoms with Crippen LogP contribution in [-0.2, 0) is 14.3 Å². The number of aliphatic hydroxyl groups is 1. The molecule has 0 aromatic carbocycles. The molecule has 2 aliphatic heterocycles. The number of rotatable bonds is 3. The van der Waals surface area contributed by atoms with Crippen molar-refractivity contribution in [2.24, 2.45) is 0 Å². The Kier molecular flexibility index (Phi) is 4.78. The molecule has 1 spiro atoms. The smallest absolute Gasteiger partial charge is 0.364 e. The lowest BCUT2D eigenvalue weighted by molar-refractivity contribution is -0.912. The number of imide groups is 1. The van der Waals surface area contributed by atoms with Crippen molar-refractivity contribution in [3.8, 4) is 0 Å². The minimum Gasteiger partial charge on any atom is -0.465 e. The number of aliphatic hydroxyl groups excluding tert-OH is 1. The summed E-state index contributed by atoms with van der Waals surface area (Å²) in [7, 11) is 1.30. The van der Waals surface area contributed by atoms with Crippen LogP contribution in [0.2, 0.25) is 0 Å². The second kappa shape index (κ2) is 6.68. The second-order valence-corrected chi connectivity index (χ2v) is 7.15. The molecule has 0 aromatic heterocycles. The molecule has 24 heavy (non-hydrogen) atoms. The first-order valence-corrected chi connectivity index (χ1v) is 8.71. The molecule has 8 heteroatoms. The van der Waals surface area contributed by atoms with Gasteiger partial charge in [-0.25, -0.2) is 14.5 Å². The van der Waals surface area contributed by atoms with Gasteiger partial charge in [-0.2, -0.15) is 0 Å². The zero-order valence-electron chi connectivity index (χ0n) is 14.0. The van der Waals surface area contributed by atoms with Crippen molar-refractivity contribution in [3.05, 3.63) is 0 Å². The molecule has 1 aliphatic carbocycles. The maximum Gasteiger partial charge on any atom is 0.364 e. The highest BCUT2D eigenvalue weighted by atomic mass is 16.5. The molecule has 1 unspecified atom stereocenters. The molecule has 3 atom stereocenters. The summed E-state index contributed by atoms with van der Waals surface area (Å²) in [5, 5.41) is 12.8. The third-order valence-electron chi connectivity index (χ3n) is 5.55. The van der Waals surface area contributed by atoms with E-state index in [9.17, 15) is 19.5 Å². The summed E-state index contributed by atoms with van der Waals surface area (Å²) < 4.78 is 4.78. The normalized spacial score (nSPS) is 32.8. The van der Waals surface area contributed by atoms with E-state index >= 15 is 0 Å². The quantitative estimate of drug-likeness (QED) is 0.442. The second-order valence-electron chi connectivity index (χ2n) is 7.15. The highest BCUT2D eigenvalue weighted by Gasteiger charge is 2.53. The summed E-state index contributed by atoms with van der Waals surface area (Å²) >= 11 is 0. The van der Waals surface area contributed by atoms with Gasteiger partial charge in [-0.3, -0.25) is 4.79 Å². The Bertz CT molecular complexity index is 530. The highest BCUT2D eigenvalue weighted by Crippen LogP contribution is 2.32. The zero-order valence-corrected chi connectivity index (χ0v) is 14.0. The van der Waals surface area contributed by atoms with Crippen molar-refractivity contribution in [2.75, 3.05) is 20.3 Å². The van der Waals surface area contributed by atoms with E-state index in [0.717, 1.165) is 25.7 Å². The number of methoxy groups -OCH3 is 1. The molecule has 1 saturated carbocycles. The fraction of sp³-hybridized carbons (Fsp3) is 0.812. The number of carbonyl (C=O) groups excluding carboxylic acids is 3. The van der Waals surface area contributed by atoms with E-state index in [-0.39, 0.29) is 25.0 Å². The van der Waals surface area contributed by atoms with Gasteiger partial charge in [0, 0.05) is 6.42 Å². The van der Waals surface area contributed by atoms with E-state index in [2.05, 4.69) is 5.32 Å². The van der Waals surface area contributed by atoms with Gasteiger partial charge in [-0.15, -0.1) is 0 Å². The van der Waals surface area contributed by atoms with Crippen molar-refractivity contribution in [1.29, 1.82) is 0 Å². The first kappa shape index (κ1) is 17.2. The van der Waals surface area contributed by atoms with Crippen LogP contribution < -0.4 is 10.2 Å². The number of likely N-dealkylation sites (tertiary alicyclic amines) is 1. The molecule has 3 aliphatic rings. The first-order chi connectivity index (χ1) is 11.5. The summed E-state index contributed by atoms with van der Waals surface area (Å²) in [4.78, 5) is 39.1. The Hall–Kier alpha value is -1.67. The molecule has 3 N–H and O–H groups in total. The maximum atomic E-state index is 12.9. The van der Waals surface area contributed by atoms with E-state index in [1.54, 1.807) is 0 Å². The van der Waals surface area contributed by atoms with Crippen molar-refractivity contribution >= 4 is 17.9 Å². The molecule has 0 aromatic rings. The number of hydrogen-bond donors (Lipinski definition) is 3. The number of carbonyl (C=O) groups is 3. The zero-order chi connectivity index (χ0) is 17.3. The summed E-state index contributed by atoms with van der Waals surface area (Å²) in [6, 6.07) is -0.935. The fourth-order valence-corrected chi connectivity index (χ4v) is 4.24. The van der Waals surface area contributed by atoms with Crippen molar-refractivity contribution < 1.29 is 29.1 Å². The molecular formula is C16H26N3O5+. The van der Waals surface area contributed by atoms with Gasteiger partial charge in [0.25, 0.3) is 5.91 Å². The summed E-state index contributed by atoms with van der Waals surface area (Å²) in [6.45, 7) is 0.410. The number of urea groups is 1. The summed E-state index contributed by atoms with van der Waals surface area (Å²) in [5.74, 6) is -0.607. The Balaban J connectivity index is 1.73.